The van der Waals surface area contributed by atoms with Gasteiger partial charge in [-0.2, -0.15) is 9.36 Å². The van der Waals surface area contributed by atoms with E-state index in [0.29, 0.717) is 20.9 Å². The van der Waals surface area contributed by atoms with E-state index in [-0.39, 0.29) is 22.9 Å². The summed E-state index contributed by atoms with van der Waals surface area (Å²) in [5.74, 6) is 0.252. The predicted octanol–water partition coefficient (Wildman–Crippen LogP) is 2.29. The van der Waals surface area contributed by atoms with E-state index in [4.69, 9.17) is 10.5 Å². The zero-order valence-electron chi connectivity index (χ0n) is 13.8. The molecule has 25 heavy (non-hydrogen) atoms. The zero-order valence-corrected chi connectivity index (χ0v) is 15.5. The van der Waals surface area contributed by atoms with E-state index < -0.39 is 5.56 Å². The minimum atomic E-state index is -0.438. The fraction of sp³-hybridized carbons (Fsp3) is 0.250. The molecule has 130 valence electrons. The molecule has 0 atom stereocenters. The molecule has 1 aliphatic rings. The molecular weight excluding hydrogens is 360 g/mol. The molecule has 2 aromatic heterocycles. The number of nitrogens with zero attached hydrogens (tertiary/aromatic N) is 3. The second-order valence-corrected chi connectivity index (χ2v) is 7.79. The van der Waals surface area contributed by atoms with E-state index in [0.717, 1.165) is 11.5 Å². The van der Waals surface area contributed by atoms with Crippen molar-refractivity contribution in [2.75, 3.05) is 12.8 Å². The van der Waals surface area contributed by atoms with Crippen molar-refractivity contribution >= 4 is 45.9 Å². The zero-order chi connectivity index (χ0) is 18.1. The normalized spacial score (nSPS) is 16.1. The van der Waals surface area contributed by atoms with Gasteiger partial charge in [0.25, 0.3) is 5.56 Å². The van der Waals surface area contributed by atoms with E-state index in [9.17, 15) is 9.59 Å². The third kappa shape index (κ3) is 3.38. The Labute approximate surface area is 152 Å². The third-order valence-corrected chi connectivity index (χ3v) is 5.15. The van der Waals surface area contributed by atoms with Crippen molar-refractivity contribution < 1.29 is 9.53 Å². The number of ether oxygens (including phenoxy) is 1. The van der Waals surface area contributed by atoms with E-state index in [1.165, 1.54) is 13.2 Å². The molecule has 0 amide bonds. The van der Waals surface area contributed by atoms with Gasteiger partial charge in [-0.3, -0.25) is 9.59 Å². The van der Waals surface area contributed by atoms with Gasteiger partial charge in [-0.15, -0.1) is 0 Å². The van der Waals surface area contributed by atoms with Gasteiger partial charge in [0.15, 0.2) is 10.9 Å². The molecule has 2 heterocycles. The summed E-state index contributed by atoms with van der Waals surface area (Å²) in [7, 11) is 1.42. The highest BCUT2D eigenvalue weighted by molar-refractivity contribution is 7.99. The van der Waals surface area contributed by atoms with Gasteiger partial charge in [0.1, 0.15) is 5.82 Å². The summed E-state index contributed by atoms with van der Waals surface area (Å²) in [5, 5.41) is 1.01. The molecule has 0 fully saturated rings. The second-order valence-electron chi connectivity index (χ2n) is 5.52. The lowest BCUT2D eigenvalue weighted by Gasteiger charge is -2.09. The number of nitrogen functional groups attached to an aromatic ring is 1. The van der Waals surface area contributed by atoms with Crippen molar-refractivity contribution in [1.29, 1.82) is 0 Å². The molecule has 2 aromatic rings. The molecule has 0 bridgehead atoms. The molecule has 1 aliphatic carbocycles. The van der Waals surface area contributed by atoms with Crippen molar-refractivity contribution in [2.24, 2.45) is 0 Å². The van der Waals surface area contributed by atoms with E-state index in [1.54, 1.807) is 34.4 Å². The Morgan fingerprint density at radius 2 is 2.12 bits per heavy atom. The SMILES string of the molecule is COC1=CC(=Cc2c(N)n3c(SC(C)C)nsc3nc2=O)C=CC1=O. The van der Waals surface area contributed by atoms with Crippen LogP contribution in [0.1, 0.15) is 19.4 Å². The fourth-order valence-corrected chi connectivity index (χ4v) is 3.94. The summed E-state index contributed by atoms with van der Waals surface area (Å²) in [6.07, 6.45) is 6.15. The number of methoxy groups -OCH3 is 1. The smallest absolute Gasteiger partial charge is 0.283 e. The fourth-order valence-electron chi connectivity index (χ4n) is 2.26. The lowest BCUT2D eigenvalue weighted by atomic mass is 10.0. The van der Waals surface area contributed by atoms with Gasteiger partial charge < -0.3 is 10.5 Å². The van der Waals surface area contributed by atoms with Gasteiger partial charge in [-0.25, -0.2) is 4.40 Å². The monoisotopic (exact) mass is 376 g/mol. The Kier molecular flexibility index (Phi) is 4.78. The van der Waals surface area contributed by atoms with Crippen LogP contribution < -0.4 is 11.3 Å². The molecular formula is C16H16N4O3S2. The Hall–Kier alpha value is -2.39. The number of hydrogen-bond acceptors (Lipinski definition) is 8. The number of carbonyl (C=O) groups excluding carboxylic acids is 1. The molecule has 0 aliphatic heterocycles. The van der Waals surface area contributed by atoms with Gasteiger partial charge in [0.05, 0.1) is 12.7 Å². The number of allylic oxidation sites excluding steroid dienone is 4. The predicted molar refractivity (Wildman–Crippen MR) is 99.8 cm³/mol. The van der Waals surface area contributed by atoms with Crippen LogP contribution in [0.3, 0.4) is 0 Å². The summed E-state index contributed by atoms with van der Waals surface area (Å²) in [4.78, 5) is 28.5. The third-order valence-electron chi connectivity index (χ3n) is 3.37. The standard InChI is InChI=1S/C16H16N4O3S2/c1-8(2)24-16-19-25-15-18-14(22)10(13(17)20(15)16)6-9-4-5-11(21)12(7-9)23-3/h4-8H,17H2,1-3H3. The van der Waals surface area contributed by atoms with Gasteiger partial charge in [-0.05, 0) is 23.8 Å². The summed E-state index contributed by atoms with van der Waals surface area (Å²) < 4.78 is 11.0. The van der Waals surface area contributed by atoms with Crippen LogP contribution in [0.2, 0.25) is 0 Å². The Bertz CT molecular complexity index is 999. The summed E-state index contributed by atoms with van der Waals surface area (Å²) in [6, 6.07) is 0. The average molecular weight is 376 g/mol. The van der Waals surface area contributed by atoms with E-state index >= 15 is 0 Å². The molecule has 0 saturated carbocycles. The Balaban J connectivity index is 2.15. The number of aromatic nitrogens is 3. The van der Waals surface area contributed by atoms with Gasteiger partial charge >= 0.3 is 0 Å². The molecule has 3 rings (SSSR count). The van der Waals surface area contributed by atoms with Crippen LogP contribution in [0.25, 0.3) is 11.0 Å². The van der Waals surface area contributed by atoms with Crippen LogP contribution in [-0.4, -0.2) is 31.9 Å². The number of rotatable bonds is 4. The molecule has 0 aromatic carbocycles. The number of hydrogen-bond donors (Lipinski definition) is 1. The molecule has 0 unspecified atom stereocenters. The van der Waals surface area contributed by atoms with Crippen molar-refractivity contribution in [3.63, 3.8) is 0 Å². The maximum absolute atomic E-state index is 12.4. The van der Waals surface area contributed by atoms with Crippen LogP contribution in [0, 0.1) is 0 Å². The molecule has 2 N–H and O–H groups in total. The lowest BCUT2D eigenvalue weighted by molar-refractivity contribution is -0.114. The molecule has 0 saturated heterocycles. The quantitative estimate of drug-likeness (QED) is 0.817. The van der Waals surface area contributed by atoms with Crippen LogP contribution in [-0.2, 0) is 9.53 Å². The van der Waals surface area contributed by atoms with E-state index in [1.807, 2.05) is 13.8 Å². The maximum Gasteiger partial charge on any atom is 0.283 e. The average Bonchev–Trinajstić information content (AvgIpc) is 2.94. The minimum absolute atomic E-state index is 0.203. The number of carbonyl (C=O) groups is 1. The first-order chi connectivity index (χ1) is 11.9. The summed E-state index contributed by atoms with van der Waals surface area (Å²) in [6.45, 7) is 4.09. The summed E-state index contributed by atoms with van der Waals surface area (Å²) in [5.41, 5.74) is 6.69. The largest absolute Gasteiger partial charge is 0.493 e. The van der Waals surface area contributed by atoms with Crippen molar-refractivity contribution in [2.45, 2.75) is 24.3 Å². The first kappa shape index (κ1) is 17.4. The van der Waals surface area contributed by atoms with Crippen LogP contribution in [0.15, 0.2) is 39.5 Å². The van der Waals surface area contributed by atoms with Crippen LogP contribution in [0.5, 0.6) is 0 Å². The van der Waals surface area contributed by atoms with Crippen molar-refractivity contribution in [3.05, 3.63) is 45.5 Å². The molecule has 7 nitrogen and oxygen atoms in total. The van der Waals surface area contributed by atoms with Crippen LogP contribution >= 0.6 is 23.3 Å². The second kappa shape index (κ2) is 6.85. The highest BCUT2D eigenvalue weighted by atomic mass is 32.2. The Morgan fingerprint density at radius 3 is 2.80 bits per heavy atom. The van der Waals surface area contributed by atoms with Crippen molar-refractivity contribution in [1.82, 2.24) is 13.8 Å². The highest BCUT2D eigenvalue weighted by Crippen LogP contribution is 2.28. The Morgan fingerprint density at radius 1 is 1.36 bits per heavy atom. The molecule has 0 spiro atoms. The molecule has 9 heteroatoms. The number of anilines is 1. The van der Waals surface area contributed by atoms with Crippen LogP contribution in [0.4, 0.5) is 5.82 Å². The maximum atomic E-state index is 12.4. The van der Waals surface area contributed by atoms with Crippen molar-refractivity contribution in [3.8, 4) is 0 Å². The topological polar surface area (TPSA) is 99.6 Å². The number of thioether (sulfide) groups is 1. The first-order valence-electron chi connectivity index (χ1n) is 7.45. The number of nitrogens with two attached hydrogens (primary N) is 1. The molecule has 0 radical (unpaired) electrons. The number of ketones is 1. The summed E-state index contributed by atoms with van der Waals surface area (Å²) >= 11 is 2.68. The highest BCUT2D eigenvalue weighted by Gasteiger charge is 2.17. The van der Waals surface area contributed by atoms with Gasteiger partial charge in [0.2, 0.25) is 10.7 Å². The van der Waals surface area contributed by atoms with E-state index in [2.05, 4.69) is 9.36 Å². The first-order valence-corrected chi connectivity index (χ1v) is 9.10. The number of fused-ring (bicyclic) bond motifs is 1. The van der Waals surface area contributed by atoms with Gasteiger partial charge in [0, 0.05) is 16.8 Å². The minimum Gasteiger partial charge on any atom is -0.493 e. The van der Waals surface area contributed by atoms with Gasteiger partial charge in [-0.1, -0.05) is 31.7 Å². The lowest BCUT2D eigenvalue weighted by Crippen LogP contribution is -2.17.